The Kier molecular flexibility index (Phi) is 5.87. The van der Waals surface area contributed by atoms with Crippen LogP contribution in [0.2, 0.25) is 0 Å². The minimum Gasteiger partial charge on any atom is -0.493 e. The van der Waals surface area contributed by atoms with Gasteiger partial charge in [0.25, 0.3) is 0 Å². The van der Waals surface area contributed by atoms with Crippen LogP contribution in [0, 0.1) is 0 Å². The molecule has 0 radical (unpaired) electrons. The zero-order chi connectivity index (χ0) is 15.1. The summed E-state index contributed by atoms with van der Waals surface area (Å²) in [7, 11) is 0. The molecule has 2 rings (SSSR count). The minimum atomic E-state index is 0.0465. The highest BCUT2D eigenvalue weighted by atomic mass is 16.5. The van der Waals surface area contributed by atoms with Crippen LogP contribution >= 0.6 is 0 Å². The Balaban J connectivity index is 1.85. The molecule has 21 heavy (non-hydrogen) atoms. The van der Waals surface area contributed by atoms with Gasteiger partial charge in [-0.15, -0.1) is 0 Å². The van der Waals surface area contributed by atoms with Crippen molar-refractivity contribution in [2.24, 2.45) is 5.73 Å². The zero-order valence-electron chi connectivity index (χ0n) is 12.6. The average molecular weight is 292 g/mol. The van der Waals surface area contributed by atoms with Crippen LogP contribution < -0.4 is 20.5 Å². The van der Waals surface area contributed by atoms with Crippen LogP contribution in [0.3, 0.4) is 0 Å². The molecule has 1 aliphatic rings. The predicted octanol–water partition coefficient (Wildman–Crippen LogP) is 1.98. The van der Waals surface area contributed by atoms with Crippen molar-refractivity contribution in [2.75, 3.05) is 13.2 Å². The van der Waals surface area contributed by atoms with Crippen LogP contribution in [0.25, 0.3) is 0 Å². The predicted molar refractivity (Wildman–Crippen MR) is 81.4 cm³/mol. The third kappa shape index (κ3) is 5.27. The molecule has 0 spiro atoms. The molecule has 0 unspecified atom stereocenters. The summed E-state index contributed by atoms with van der Waals surface area (Å²) >= 11 is 0. The van der Waals surface area contributed by atoms with Gasteiger partial charge in [0.15, 0.2) is 0 Å². The van der Waals surface area contributed by atoms with E-state index in [1.54, 1.807) is 0 Å². The van der Waals surface area contributed by atoms with Crippen molar-refractivity contribution in [3.8, 4) is 11.5 Å². The van der Waals surface area contributed by atoms with Crippen LogP contribution in [0.1, 0.15) is 38.2 Å². The second-order valence-corrected chi connectivity index (χ2v) is 5.26. The SMILES string of the molecule is CCCOc1ccc(CN)c(OCCC(=O)NC2CC2)c1. The van der Waals surface area contributed by atoms with E-state index in [9.17, 15) is 4.79 Å². The van der Waals surface area contributed by atoms with Crippen LogP contribution in [0.4, 0.5) is 0 Å². The topological polar surface area (TPSA) is 73.6 Å². The molecule has 3 N–H and O–H groups in total. The summed E-state index contributed by atoms with van der Waals surface area (Å²) in [4.78, 5) is 11.6. The highest BCUT2D eigenvalue weighted by Crippen LogP contribution is 2.25. The molecule has 5 heteroatoms. The lowest BCUT2D eigenvalue weighted by Crippen LogP contribution is -2.26. The van der Waals surface area contributed by atoms with Gasteiger partial charge in [-0.25, -0.2) is 0 Å². The minimum absolute atomic E-state index is 0.0465. The van der Waals surface area contributed by atoms with Gasteiger partial charge in [-0.05, 0) is 25.3 Å². The van der Waals surface area contributed by atoms with Gasteiger partial charge in [0.05, 0.1) is 19.6 Å². The maximum Gasteiger partial charge on any atom is 0.223 e. The summed E-state index contributed by atoms with van der Waals surface area (Å²) in [6, 6.07) is 6.04. The summed E-state index contributed by atoms with van der Waals surface area (Å²) in [6.07, 6.45) is 3.51. The van der Waals surface area contributed by atoms with Crippen molar-refractivity contribution in [2.45, 2.75) is 45.2 Å². The molecule has 1 aliphatic carbocycles. The normalized spacial score (nSPS) is 13.8. The molecule has 5 nitrogen and oxygen atoms in total. The third-order valence-electron chi connectivity index (χ3n) is 3.26. The first-order valence-corrected chi connectivity index (χ1v) is 7.61. The number of hydrogen-bond donors (Lipinski definition) is 2. The van der Waals surface area contributed by atoms with E-state index in [2.05, 4.69) is 12.2 Å². The molecule has 0 aromatic heterocycles. The van der Waals surface area contributed by atoms with E-state index in [0.29, 0.717) is 38.0 Å². The molecule has 0 atom stereocenters. The molecule has 116 valence electrons. The number of nitrogens with two attached hydrogens (primary N) is 1. The number of rotatable bonds is 9. The van der Waals surface area contributed by atoms with Crippen molar-refractivity contribution in [1.82, 2.24) is 5.32 Å². The fraction of sp³-hybridized carbons (Fsp3) is 0.562. The summed E-state index contributed by atoms with van der Waals surface area (Å²) < 4.78 is 11.3. The van der Waals surface area contributed by atoms with Gasteiger partial charge in [-0.2, -0.15) is 0 Å². The monoisotopic (exact) mass is 292 g/mol. The zero-order valence-corrected chi connectivity index (χ0v) is 12.6. The maximum absolute atomic E-state index is 11.6. The molecule has 0 bridgehead atoms. The quantitative estimate of drug-likeness (QED) is 0.730. The Morgan fingerprint density at radius 1 is 1.33 bits per heavy atom. The van der Waals surface area contributed by atoms with Gasteiger partial charge >= 0.3 is 0 Å². The van der Waals surface area contributed by atoms with E-state index >= 15 is 0 Å². The highest BCUT2D eigenvalue weighted by molar-refractivity contribution is 5.76. The summed E-state index contributed by atoms with van der Waals surface area (Å²) in [5.74, 6) is 1.52. The van der Waals surface area contributed by atoms with Crippen molar-refractivity contribution in [1.29, 1.82) is 0 Å². The molecule has 1 amide bonds. The molecule has 0 aliphatic heterocycles. The first-order chi connectivity index (χ1) is 10.2. The summed E-state index contributed by atoms with van der Waals surface area (Å²) in [5, 5.41) is 2.94. The van der Waals surface area contributed by atoms with E-state index < -0.39 is 0 Å². The molecule has 0 heterocycles. The number of carbonyl (C=O) groups is 1. The van der Waals surface area contributed by atoms with Crippen molar-refractivity contribution in [3.05, 3.63) is 23.8 Å². The standard InChI is InChI=1S/C16H24N2O3/c1-2-8-20-14-6-3-12(11-17)15(10-14)21-9-7-16(19)18-13-4-5-13/h3,6,10,13H,2,4-5,7-9,11,17H2,1H3,(H,18,19). The van der Waals surface area contributed by atoms with E-state index in [0.717, 1.165) is 30.6 Å². The van der Waals surface area contributed by atoms with Gasteiger partial charge in [-0.3, -0.25) is 4.79 Å². The van der Waals surface area contributed by atoms with Crippen LogP contribution in [-0.4, -0.2) is 25.2 Å². The van der Waals surface area contributed by atoms with Gasteiger partial charge in [0.2, 0.25) is 5.91 Å². The maximum atomic E-state index is 11.6. The Labute approximate surface area is 125 Å². The molecule has 1 aromatic rings. The molecular weight excluding hydrogens is 268 g/mol. The Bertz CT molecular complexity index is 473. The first-order valence-electron chi connectivity index (χ1n) is 7.61. The molecular formula is C16H24N2O3. The first kappa shape index (κ1) is 15.6. The number of carbonyl (C=O) groups excluding carboxylic acids is 1. The van der Waals surface area contributed by atoms with Gasteiger partial charge in [-0.1, -0.05) is 13.0 Å². The van der Waals surface area contributed by atoms with E-state index in [4.69, 9.17) is 15.2 Å². The number of ether oxygens (including phenoxy) is 2. The Hall–Kier alpha value is -1.75. The second kappa shape index (κ2) is 7.88. The second-order valence-electron chi connectivity index (χ2n) is 5.26. The molecule has 1 fully saturated rings. The van der Waals surface area contributed by atoms with Crippen LogP contribution in [0.15, 0.2) is 18.2 Å². The summed E-state index contributed by atoms with van der Waals surface area (Å²) in [5.41, 5.74) is 6.62. The Morgan fingerprint density at radius 3 is 2.81 bits per heavy atom. The number of nitrogens with one attached hydrogen (secondary N) is 1. The Morgan fingerprint density at radius 2 is 2.14 bits per heavy atom. The number of amides is 1. The van der Waals surface area contributed by atoms with Crippen LogP contribution in [0.5, 0.6) is 11.5 Å². The lowest BCUT2D eigenvalue weighted by atomic mass is 10.2. The highest BCUT2D eigenvalue weighted by Gasteiger charge is 2.22. The lowest BCUT2D eigenvalue weighted by Gasteiger charge is -2.13. The molecule has 0 saturated heterocycles. The number of benzene rings is 1. The van der Waals surface area contributed by atoms with Crippen molar-refractivity contribution < 1.29 is 14.3 Å². The van der Waals surface area contributed by atoms with Gasteiger partial charge < -0.3 is 20.5 Å². The average Bonchev–Trinajstić information content (AvgIpc) is 3.29. The van der Waals surface area contributed by atoms with E-state index in [1.165, 1.54) is 0 Å². The fourth-order valence-electron chi connectivity index (χ4n) is 1.93. The van der Waals surface area contributed by atoms with Gasteiger partial charge in [0.1, 0.15) is 11.5 Å². The van der Waals surface area contributed by atoms with Crippen LogP contribution in [-0.2, 0) is 11.3 Å². The molecule has 1 aromatic carbocycles. The fourth-order valence-corrected chi connectivity index (χ4v) is 1.93. The van der Waals surface area contributed by atoms with Crippen molar-refractivity contribution in [3.63, 3.8) is 0 Å². The van der Waals surface area contributed by atoms with E-state index in [-0.39, 0.29) is 5.91 Å². The third-order valence-corrected chi connectivity index (χ3v) is 3.26. The largest absolute Gasteiger partial charge is 0.493 e. The van der Waals surface area contributed by atoms with Gasteiger partial charge in [0, 0.05) is 24.2 Å². The molecule has 1 saturated carbocycles. The lowest BCUT2D eigenvalue weighted by molar-refractivity contribution is -0.121. The smallest absolute Gasteiger partial charge is 0.223 e. The van der Waals surface area contributed by atoms with Crippen molar-refractivity contribution >= 4 is 5.91 Å². The number of hydrogen-bond acceptors (Lipinski definition) is 4. The summed E-state index contributed by atoms with van der Waals surface area (Å²) in [6.45, 7) is 3.48. The van der Waals surface area contributed by atoms with E-state index in [1.807, 2.05) is 18.2 Å².